The lowest BCUT2D eigenvalue weighted by molar-refractivity contribution is 0.0198. The van der Waals surface area contributed by atoms with Crippen LogP contribution in [0.1, 0.15) is 45.1 Å². The number of amides is 1. The van der Waals surface area contributed by atoms with Crippen LogP contribution in [0.25, 0.3) is 11.1 Å². The van der Waals surface area contributed by atoms with Crippen LogP contribution in [0.3, 0.4) is 0 Å². The second-order valence-electron chi connectivity index (χ2n) is 7.76. The Kier molecular flexibility index (Phi) is 5.12. The zero-order valence-corrected chi connectivity index (χ0v) is 15.4. The van der Waals surface area contributed by atoms with E-state index in [0.29, 0.717) is 5.92 Å². The molecule has 0 aromatic heterocycles. The maximum Gasteiger partial charge on any atom is 0.410 e. The van der Waals surface area contributed by atoms with Crippen molar-refractivity contribution in [2.45, 2.75) is 45.1 Å². The van der Waals surface area contributed by atoms with Crippen LogP contribution in [-0.2, 0) is 4.74 Å². The lowest BCUT2D eigenvalue weighted by atomic mass is 9.89. The molecule has 0 bridgehead atoms. The Bertz CT molecular complexity index is 718. The first-order valence-electron chi connectivity index (χ1n) is 9.06. The van der Waals surface area contributed by atoms with E-state index in [1.54, 1.807) is 0 Å². The highest BCUT2D eigenvalue weighted by molar-refractivity contribution is 5.68. The van der Waals surface area contributed by atoms with Gasteiger partial charge >= 0.3 is 6.09 Å². The van der Waals surface area contributed by atoms with Crippen LogP contribution >= 0.6 is 0 Å². The molecule has 0 N–H and O–H groups in total. The summed E-state index contributed by atoms with van der Waals surface area (Å²) >= 11 is 0. The van der Waals surface area contributed by atoms with Gasteiger partial charge in [0, 0.05) is 19.0 Å². The molecule has 1 unspecified atom stereocenters. The summed E-state index contributed by atoms with van der Waals surface area (Å²) in [6.45, 7) is 7.25. The van der Waals surface area contributed by atoms with Gasteiger partial charge in [0.1, 0.15) is 5.60 Å². The fourth-order valence-electron chi connectivity index (χ4n) is 3.34. The molecule has 0 spiro atoms. The third kappa shape index (κ3) is 4.62. The summed E-state index contributed by atoms with van der Waals surface area (Å²) in [4.78, 5) is 14.2. The highest BCUT2D eigenvalue weighted by Gasteiger charge is 2.28. The minimum atomic E-state index is -0.447. The van der Waals surface area contributed by atoms with Gasteiger partial charge in [0.05, 0.1) is 0 Å². The molecule has 25 heavy (non-hydrogen) atoms. The van der Waals surface area contributed by atoms with E-state index >= 15 is 0 Å². The van der Waals surface area contributed by atoms with Crippen molar-refractivity contribution in [3.05, 3.63) is 60.2 Å². The molecule has 3 nitrogen and oxygen atoms in total. The summed E-state index contributed by atoms with van der Waals surface area (Å²) < 4.78 is 5.54. The Morgan fingerprint density at radius 3 is 2.48 bits per heavy atom. The SMILES string of the molecule is CC(C)(C)OC(=O)N1CCCC(c2cccc(-c3ccccc3)c2)C1. The molecule has 1 atom stereocenters. The van der Waals surface area contributed by atoms with Gasteiger partial charge in [-0.1, -0.05) is 54.6 Å². The van der Waals surface area contributed by atoms with Gasteiger partial charge in [-0.2, -0.15) is 0 Å². The van der Waals surface area contributed by atoms with Crippen molar-refractivity contribution < 1.29 is 9.53 Å². The van der Waals surface area contributed by atoms with Crippen LogP contribution in [0.2, 0.25) is 0 Å². The van der Waals surface area contributed by atoms with Crippen LogP contribution < -0.4 is 0 Å². The molecule has 1 fully saturated rings. The zero-order chi connectivity index (χ0) is 17.9. The normalized spacial score (nSPS) is 18.0. The maximum atomic E-state index is 12.4. The highest BCUT2D eigenvalue weighted by Crippen LogP contribution is 2.30. The fraction of sp³-hybridized carbons (Fsp3) is 0.409. The van der Waals surface area contributed by atoms with E-state index in [0.717, 1.165) is 25.9 Å². The number of likely N-dealkylation sites (tertiary alicyclic amines) is 1. The Hall–Kier alpha value is -2.29. The predicted octanol–water partition coefficient (Wildman–Crippen LogP) is 5.47. The summed E-state index contributed by atoms with van der Waals surface area (Å²) in [6, 6.07) is 19.1. The van der Waals surface area contributed by atoms with E-state index < -0.39 is 5.60 Å². The van der Waals surface area contributed by atoms with Crippen molar-refractivity contribution >= 4 is 6.09 Å². The first-order chi connectivity index (χ1) is 11.9. The average molecular weight is 337 g/mol. The monoisotopic (exact) mass is 337 g/mol. The van der Waals surface area contributed by atoms with Crippen LogP contribution in [0.4, 0.5) is 4.79 Å². The molecule has 1 heterocycles. The number of benzene rings is 2. The van der Waals surface area contributed by atoms with Crippen LogP contribution in [0, 0.1) is 0 Å². The first kappa shape index (κ1) is 17.5. The van der Waals surface area contributed by atoms with Gasteiger partial charge in [-0.05, 0) is 50.3 Å². The highest BCUT2D eigenvalue weighted by atomic mass is 16.6. The molecule has 0 aliphatic carbocycles. The molecule has 1 saturated heterocycles. The number of rotatable bonds is 2. The number of carbonyl (C=O) groups excluding carboxylic acids is 1. The lowest BCUT2D eigenvalue weighted by Gasteiger charge is -2.34. The molecular weight excluding hydrogens is 310 g/mol. The van der Waals surface area contributed by atoms with Gasteiger partial charge in [0.25, 0.3) is 0 Å². The molecule has 1 aliphatic heterocycles. The number of hydrogen-bond donors (Lipinski definition) is 0. The van der Waals surface area contributed by atoms with Crippen molar-refractivity contribution in [1.82, 2.24) is 4.90 Å². The summed E-state index contributed by atoms with van der Waals surface area (Å²) in [5, 5.41) is 0. The minimum Gasteiger partial charge on any atom is -0.444 e. The Labute approximate surface area is 150 Å². The summed E-state index contributed by atoms with van der Waals surface area (Å²) in [6.07, 6.45) is 1.92. The summed E-state index contributed by atoms with van der Waals surface area (Å²) in [7, 11) is 0. The number of nitrogens with zero attached hydrogens (tertiary/aromatic N) is 1. The van der Waals surface area contributed by atoms with E-state index in [1.165, 1.54) is 16.7 Å². The first-order valence-corrected chi connectivity index (χ1v) is 9.06. The van der Waals surface area contributed by atoms with Crippen LogP contribution in [0.15, 0.2) is 54.6 Å². The number of ether oxygens (including phenoxy) is 1. The molecule has 2 aromatic carbocycles. The summed E-state index contributed by atoms with van der Waals surface area (Å²) in [5.74, 6) is 0.366. The zero-order valence-electron chi connectivity index (χ0n) is 15.4. The topological polar surface area (TPSA) is 29.5 Å². The van der Waals surface area contributed by atoms with E-state index in [2.05, 4.69) is 48.5 Å². The van der Waals surface area contributed by atoms with Crippen LogP contribution in [0.5, 0.6) is 0 Å². The Balaban J connectivity index is 1.75. The van der Waals surface area contributed by atoms with Crippen molar-refractivity contribution in [1.29, 1.82) is 0 Å². The standard InChI is InChI=1S/C22H27NO2/c1-22(2,3)25-21(24)23-14-8-13-20(16-23)19-12-7-11-18(15-19)17-9-5-4-6-10-17/h4-7,9-12,15,20H,8,13-14,16H2,1-3H3. The van der Waals surface area contributed by atoms with E-state index in [4.69, 9.17) is 4.74 Å². The van der Waals surface area contributed by atoms with Gasteiger partial charge in [-0.25, -0.2) is 4.79 Å². The quantitative estimate of drug-likeness (QED) is 0.727. The van der Waals surface area contributed by atoms with Gasteiger partial charge in [0.15, 0.2) is 0 Å². The maximum absolute atomic E-state index is 12.4. The number of carbonyl (C=O) groups is 1. The molecule has 1 amide bonds. The molecule has 0 saturated carbocycles. The van der Waals surface area contributed by atoms with Crippen molar-refractivity contribution in [3.63, 3.8) is 0 Å². The second kappa shape index (κ2) is 7.30. The van der Waals surface area contributed by atoms with Gasteiger partial charge in [-0.15, -0.1) is 0 Å². The van der Waals surface area contributed by atoms with Crippen molar-refractivity contribution in [2.24, 2.45) is 0 Å². The molecule has 2 aromatic rings. The third-order valence-corrected chi connectivity index (χ3v) is 4.54. The van der Waals surface area contributed by atoms with Crippen molar-refractivity contribution in [2.75, 3.05) is 13.1 Å². The molecular formula is C22H27NO2. The third-order valence-electron chi connectivity index (χ3n) is 4.54. The van der Waals surface area contributed by atoms with E-state index in [1.807, 2.05) is 31.7 Å². The van der Waals surface area contributed by atoms with Gasteiger partial charge < -0.3 is 9.64 Å². The van der Waals surface area contributed by atoms with Crippen LogP contribution in [-0.4, -0.2) is 29.7 Å². The van der Waals surface area contributed by atoms with E-state index in [9.17, 15) is 4.79 Å². The Morgan fingerprint density at radius 2 is 1.76 bits per heavy atom. The molecule has 3 rings (SSSR count). The van der Waals surface area contributed by atoms with Crippen molar-refractivity contribution in [3.8, 4) is 11.1 Å². The van der Waals surface area contributed by atoms with Gasteiger partial charge in [-0.3, -0.25) is 0 Å². The average Bonchev–Trinajstić information content (AvgIpc) is 2.61. The lowest BCUT2D eigenvalue weighted by Crippen LogP contribution is -2.42. The summed E-state index contributed by atoms with van der Waals surface area (Å²) in [5.41, 5.74) is 3.31. The molecule has 0 radical (unpaired) electrons. The predicted molar refractivity (Wildman–Crippen MR) is 102 cm³/mol. The fourth-order valence-corrected chi connectivity index (χ4v) is 3.34. The van der Waals surface area contributed by atoms with Gasteiger partial charge in [0.2, 0.25) is 0 Å². The second-order valence-corrected chi connectivity index (χ2v) is 7.76. The van der Waals surface area contributed by atoms with E-state index in [-0.39, 0.29) is 6.09 Å². The molecule has 1 aliphatic rings. The number of piperidine rings is 1. The minimum absolute atomic E-state index is 0.198. The smallest absolute Gasteiger partial charge is 0.410 e. The Morgan fingerprint density at radius 1 is 1.04 bits per heavy atom. The number of hydrogen-bond acceptors (Lipinski definition) is 2. The molecule has 3 heteroatoms. The largest absolute Gasteiger partial charge is 0.444 e. The molecule has 132 valence electrons.